The van der Waals surface area contributed by atoms with Crippen LogP contribution in [0.25, 0.3) is 0 Å². The third-order valence-electron chi connectivity index (χ3n) is 4.70. The van der Waals surface area contributed by atoms with Crippen LogP contribution in [-0.2, 0) is 0 Å². The molecule has 2 N–H and O–H groups in total. The first-order chi connectivity index (χ1) is 10.7. The highest BCUT2D eigenvalue weighted by Crippen LogP contribution is 2.34. The van der Waals surface area contributed by atoms with Crippen LogP contribution < -0.4 is 5.73 Å². The average Bonchev–Trinajstić information content (AvgIpc) is 2.92. The second-order valence-corrected chi connectivity index (χ2v) is 6.11. The molecule has 1 fully saturated rings. The van der Waals surface area contributed by atoms with Crippen LogP contribution in [0.15, 0.2) is 54.6 Å². The molecule has 0 bridgehead atoms. The SMILES string of the molecule is CCC(c1ccc(F)cc1)N1C[C@@H](N)[C@H](c2ccccc2)C1. The largest absolute Gasteiger partial charge is 0.326 e. The van der Waals surface area contributed by atoms with Gasteiger partial charge in [0.05, 0.1) is 0 Å². The van der Waals surface area contributed by atoms with E-state index in [2.05, 4.69) is 36.1 Å². The Morgan fingerprint density at radius 2 is 1.77 bits per heavy atom. The average molecular weight is 298 g/mol. The van der Waals surface area contributed by atoms with Gasteiger partial charge in [0.25, 0.3) is 0 Å². The second kappa shape index (κ2) is 6.59. The van der Waals surface area contributed by atoms with Gasteiger partial charge in [-0.05, 0) is 29.7 Å². The molecule has 0 aliphatic carbocycles. The van der Waals surface area contributed by atoms with Gasteiger partial charge in [0.15, 0.2) is 0 Å². The molecule has 1 saturated heterocycles. The molecule has 116 valence electrons. The van der Waals surface area contributed by atoms with Crippen molar-refractivity contribution in [2.24, 2.45) is 5.73 Å². The van der Waals surface area contributed by atoms with Gasteiger partial charge >= 0.3 is 0 Å². The highest BCUT2D eigenvalue weighted by molar-refractivity contribution is 5.25. The summed E-state index contributed by atoms with van der Waals surface area (Å²) < 4.78 is 13.1. The molecule has 0 radical (unpaired) electrons. The zero-order chi connectivity index (χ0) is 15.5. The van der Waals surface area contributed by atoms with Gasteiger partial charge in [0, 0.05) is 31.1 Å². The predicted molar refractivity (Wildman–Crippen MR) is 88.2 cm³/mol. The number of rotatable bonds is 4. The first kappa shape index (κ1) is 15.2. The number of benzene rings is 2. The maximum absolute atomic E-state index is 13.1. The minimum atomic E-state index is -0.182. The molecular weight excluding hydrogens is 275 g/mol. The van der Waals surface area contributed by atoms with Gasteiger partial charge in [0.1, 0.15) is 5.82 Å². The Balaban J connectivity index is 1.79. The zero-order valence-electron chi connectivity index (χ0n) is 13.0. The molecule has 2 aromatic carbocycles. The van der Waals surface area contributed by atoms with Crippen molar-refractivity contribution in [1.82, 2.24) is 4.90 Å². The molecule has 2 nitrogen and oxygen atoms in total. The Morgan fingerprint density at radius 1 is 1.09 bits per heavy atom. The fraction of sp³-hybridized carbons (Fsp3) is 0.368. The Bertz CT molecular complexity index is 597. The number of hydrogen-bond acceptors (Lipinski definition) is 2. The molecule has 3 rings (SSSR count). The summed E-state index contributed by atoms with van der Waals surface area (Å²) in [5.74, 6) is 0.189. The molecule has 1 aliphatic heterocycles. The summed E-state index contributed by atoms with van der Waals surface area (Å²) in [7, 11) is 0. The lowest BCUT2D eigenvalue weighted by atomic mass is 9.95. The lowest BCUT2D eigenvalue weighted by Gasteiger charge is -2.27. The van der Waals surface area contributed by atoms with Crippen LogP contribution in [0.4, 0.5) is 4.39 Å². The number of halogens is 1. The van der Waals surface area contributed by atoms with E-state index in [-0.39, 0.29) is 11.9 Å². The summed E-state index contributed by atoms with van der Waals surface area (Å²) in [4.78, 5) is 2.44. The van der Waals surface area contributed by atoms with Gasteiger partial charge in [-0.3, -0.25) is 4.90 Å². The first-order valence-electron chi connectivity index (χ1n) is 7.99. The van der Waals surface area contributed by atoms with E-state index in [4.69, 9.17) is 5.73 Å². The maximum Gasteiger partial charge on any atom is 0.123 e. The number of nitrogens with zero attached hydrogens (tertiary/aromatic N) is 1. The Hall–Kier alpha value is -1.71. The van der Waals surface area contributed by atoms with Crippen LogP contribution in [0.3, 0.4) is 0 Å². The minimum absolute atomic E-state index is 0.150. The minimum Gasteiger partial charge on any atom is -0.326 e. The smallest absolute Gasteiger partial charge is 0.123 e. The van der Waals surface area contributed by atoms with Crippen molar-refractivity contribution in [3.05, 3.63) is 71.5 Å². The van der Waals surface area contributed by atoms with Crippen molar-refractivity contribution in [3.63, 3.8) is 0 Å². The van der Waals surface area contributed by atoms with Crippen molar-refractivity contribution < 1.29 is 4.39 Å². The molecule has 22 heavy (non-hydrogen) atoms. The lowest BCUT2D eigenvalue weighted by Crippen LogP contribution is -2.30. The normalized spacial score (nSPS) is 23.6. The van der Waals surface area contributed by atoms with Crippen LogP contribution in [0.2, 0.25) is 0 Å². The summed E-state index contributed by atoms with van der Waals surface area (Å²) in [6.45, 7) is 4.02. The summed E-state index contributed by atoms with van der Waals surface area (Å²) in [6.07, 6.45) is 1.000. The topological polar surface area (TPSA) is 29.3 Å². The molecule has 0 saturated carbocycles. The molecule has 0 aromatic heterocycles. The molecule has 1 unspecified atom stereocenters. The van der Waals surface area contributed by atoms with E-state index in [0.29, 0.717) is 12.0 Å². The standard InChI is InChI=1S/C19H23FN2/c1-2-19(15-8-10-16(20)11-9-15)22-12-17(18(21)13-22)14-6-4-3-5-7-14/h3-11,17-19H,2,12-13,21H2,1H3/t17-,18+,19?/m0/s1. The molecule has 0 spiro atoms. The van der Waals surface area contributed by atoms with E-state index < -0.39 is 0 Å². The quantitative estimate of drug-likeness (QED) is 0.932. The summed E-state index contributed by atoms with van der Waals surface area (Å²) in [6, 6.07) is 17.8. The monoisotopic (exact) mass is 298 g/mol. The number of nitrogens with two attached hydrogens (primary N) is 1. The van der Waals surface area contributed by atoms with Crippen LogP contribution in [-0.4, -0.2) is 24.0 Å². The number of hydrogen-bond donors (Lipinski definition) is 1. The Morgan fingerprint density at radius 3 is 2.41 bits per heavy atom. The van der Waals surface area contributed by atoms with E-state index in [9.17, 15) is 4.39 Å². The Labute approximate surface area is 131 Å². The summed E-state index contributed by atoms with van der Waals surface area (Å²) in [5, 5.41) is 0. The first-order valence-corrected chi connectivity index (χ1v) is 7.99. The van der Waals surface area contributed by atoms with E-state index in [1.54, 1.807) is 12.1 Å². The fourth-order valence-corrected chi connectivity index (χ4v) is 3.56. The zero-order valence-corrected chi connectivity index (χ0v) is 13.0. The third kappa shape index (κ3) is 3.06. The summed E-state index contributed by atoms with van der Waals surface area (Å²) >= 11 is 0. The summed E-state index contributed by atoms with van der Waals surface area (Å²) in [5.41, 5.74) is 8.88. The highest BCUT2D eigenvalue weighted by atomic mass is 19.1. The van der Waals surface area contributed by atoms with Crippen molar-refractivity contribution in [2.75, 3.05) is 13.1 Å². The molecule has 0 amide bonds. The molecule has 1 heterocycles. The van der Waals surface area contributed by atoms with E-state index in [1.165, 1.54) is 11.1 Å². The fourth-order valence-electron chi connectivity index (χ4n) is 3.56. The van der Waals surface area contributed by atoms with Crippen molar-refractivity contribution in [1.29, 1.82) is 0 Å². The molecule has 2 aromatic rings. The van der Waals surface area contributed by atoms with Gasteiger partial charge in [-0.2, -0.15) is 0 Å². The van der Waals surface area contributed by atoms with E-state index in [0.717, 1.165) is 19.5 Å². The van der Waals surface area contributed by atoms with E-state index >= 15 is 0 Å². The second-order valence-electron chi connectivity index (χ2n) is 6.11. The van der Waals surface area contributed by atoms with Crippen molar-refractivity contribution >= 4 is 0 Å². The molecule has 3 atom stereocenters. The molecule has 3 heteroatoms. The molecule has 1 aliphatic rings. The van der Waals surface area contributed by atoms with Gasteiger partial charge in [-0.25, -0.2) is 4.39 Å². The van der Waals surface area contributed by atoms with E-state index in [1.807, 2.05) is 18.2 Å². The maximum atomic E-state index is 13.1. The van der Waals surface area contributed by atoms with Gasteiger partial charge < -0.3 is 5.73 Å². The molecular formula is C19H23FN2. The van der Waals surface area contributed by atoms with Crippen LogP contribution >= 0.6 is 0 Å². The highest BCUT2D eigenvalue weighted by Gasteiger charge is 2.34. The lowest BCUT2D eigenvalue weighted by molar-refractivity contribution is 0.234. The Kier molecular flexibility index (Phi) is 4.55. The van der Waals surface area contributed by atoms with Crippen molar-refractivity contribution in [3.8, 4) is 0 Å². The predicted octanol–water partition coefficient (Wildman–Crippen LogP) is 3.70. The van der Waals surface area contributed by atoms with Gasteiger partial charge in [0.2, 0.25) is 0 Å². The van der Waals surface area contributed by atoms with Crippen LogP contribution in [0, 0.1) is 5.82 Å². The third-order valence-corrected chi connectivity index (χ3v) is 4.70. The van der Waals surface area contributed by atoms with Crippen LogP contribution in [0.1, 0.15) is 36.4 Å². The van der Waals surface area contributed by atoms with Crippen LogP contribution in [0.5, 0.6) is 0 Å². The van der Waals surface area contributed by atoms with Crippen molar-refractivity contribution in [2.45, 2.75) is 31.3 Å². The van der Waals surface area contributed by atoms with Gasteiger partial charge in [-0.15, -0.1) is 0 Å². The number of likely N-dealkylation sites (tertiary alicyclic amines) is 1. The van der Waals surface area contributed by atoms with Gasteiger partial charge in [-0.1, -0.05) is 49.4 Å².